The molecule has 28 heavy (non-hydrogen) atoms. The number of benzene rings is 1. The lowest BCUT2D eigenvalue weighted by Crippen LogP contribution is -2.23. The average molecular weight is 420 g/mol. The fourth-order valence-corrected chi connectivity index (χ4v) is 4.27. The van der Waals surface area contributed by atoms with Crippen molar-refractivity contribution in [2.45, 2.75) is 0 Å². The highest BCUT2D eigenvalue weighted by atomic mass is 35.5. The van der Waals surface area contributed by atoms with Gasteiger partial charge >= 0.3 is 0 Å². The van der Waals surface area contributed by atoms with Crippen molar-refractivity contribution in [2.75, 3.05) is 36.9 Å². The van der Waals surface area contributed by atoms with Crippen LogP contribution in [0.4, 0.5) is 11.8 Å². The van der Waals surface area contributed by atoms with Gasteiger partial charge in [-0.3, -0.25) is 0 Å². The summed E-state index contributed by atoms with van der Waals surface area (Å²) >= 11 is 12.9. The van der Waals surface area contributed by atoms with E-state index in [2.05, 4.69) is 9.97 Å². The van der Waals surface area contributed by atoms with Gasteiger partial charge in [0.05, 0.1) is 10.0 Å². The highest BCUT2D eigenvalue weighted by Gasteiger charge is 2.34. The van der Waals surface area contributed by atoms with E-state index < -0.39 is 0 Å². The zero-order valence-corrected chi connectivity index (χ0v) is 16.4. The topological polar surface area (TPSA) is 108 Å². The van der Waals surface area contributed by atoms with Crippen molar-refractivity contribution < 1.29 is 10.2 Å². The molecule has 3 heterocycles. The molecule has 0 amide bonds. The van der Waals surface area contributed by atoms with Crippen molar-refractivity contribution in [3.63, 3.8) is 0 Å². The summed E-state index contributed by atoms with van der Waals surface area (Å²) in [6.45, 7) is 1.09. The molecule has 7 nitrogen and oxygen atoms in total. The smallest absolute Gasteiger partial charge is 0.222 e. The molecule has 0 radical (unpaired) electrons. The van der Waals surface area contributed by atoms with Gasteiger partial charge in [0.25, 0.3) is 0 Å². The normalized spacial score (nSPS) is 19.5. The average Bonchev–Trinajstić information content (AvgIpc) is 3.10. The molecule has 3 aromatic rings. The van der Waals surface area contributed by atoms with Crippen LogP contribution in [0.1, 0.15) is 0 Å². The maximum absolute atomic E-state index is 9.68. The molecule has 2 atom stereocenters. The molecule has 0 spiro atoms. The minimum atomic E-state index is -0.0486. The lowest BCUT2D eigenvalue weighted by Gasteiger charge is -2.22. The second-order valence-corrected chi connectivity index (χ2v) is 7.70. The lowest BCUT2D eigenvalue weighted by molar-refractivity contribution is 0.152. The Morgan fingerprint density at radius 3 is 2.32 bits per heavy atom. The van der Waals surface area contributed by atoms with E-state index in [0.29, 0.717) is 45.5 Å². The van der Waals surface area contributed by atoms with Crippen LogP contribution < -0.4 is 10.6 Å². The molecule has 1 aliphatic rings. The summed E-state index contributed by atoms with van der Waals surface area (Å²) in [4.78, 5) is 15.0. The van der Waals surface area contributed by atoms with E-state index in [9.17, 15) is 10.2 Å². The Morgan fingerprint density at radius 2 is 1.71 bits per heavy atom. The Hall–Kier alpha value is -2.19. The number of aromatic nitrogens is 3. The number of pyridine rings is 1. The van der Waals surface area contributed by atoms with Gasteiger partial charge in [0.1, 0.15) is 5.82 Å². The monoisotopic (exact) mass is 419 g/mol. The molecule has 146 valence electrons. The fourth-order valence-electron chi connectivity index (χ4n) is 3.67. The molecule has 2 aromatic heterocycles. The van der Waals surface area contributed by atoms with Crippen LogP contribution in [0, 0.1) is 11.8 Å². The third kappa shape index (κ3) is 3.35. The van der Waals surface area contributed by atoms with Gasteiger partial charge in [0, 0.05) is 60.8 Å². The molecule has 1 aromatic carbocycles. The molecular weight excluding hydrogens is 401 g/mol. The molecule has 1 fully saturated rings. The molecule has 1 saturated heterocycles. The number of nitrogen functional groups attached to an aromatic ring is 1. The van der Waals surface area contributed by atoms with Crippen molar-refractivity contribution in [2.24, 2.45) is 11.8 Å². The Morgan fingerprint density at radius 1 is 1.07 bits per heavy atom. The highest BCUT2D eigenvalue weighted by Crippen LogP contribution is 2.42. The first-order valence-electron chi connectivity index (χ1n) is 8.86. The van der Waals surface area contributed by atoms with E-state index in [1.807, 2.05) is 11.0 Å². The molecule has 1 aliphatic heterocycles. The fraction of sp³-hybridized carbons (Fsp3) is 0.316. The molecule has 0 bridgehead atoms. The van der Waals surface area contributed by atoms with E-state index in [-0.39, 0.29) is 31.0 Å². The van der Waals surface area contributed by atoms with Gasteiger partial charge in [-0.15, -0.1) is 0 Å². The predicted molar refractivity (Wildman–Crippen MR) is 111 cm³/mol. The minimum Gasteiger partial charge on any atom is -0.396 e. The number of aliphatic hydroxyl groups is 2. The van der Waals surface area contributed by atoms with Crippen molar-refractivity contribution in [3.05, 3.63) is 40.5 Å². The minimum absolute atomic E-state index is 0.00733. The van der Waals surface area contributed by atoms with Crippen LogP contribution >= 0.6 is 23.2 Å². The largest absolute Gasteiger partial charge is 0.396 e. The van der Waals surface area contributed by atoms with Gasteiger partial charge < -0.3 is 20.8 Å². The molecule has 0 saturated carbocycles. The van der Waals surface area contributed by atoms with Crippen molar-refractivity contribution >= 4 is 46.0 Å². The zero-order chi connectivity index (χ0) is 19.8. The van der Waals surface area contributed by atoms with Crippen molar-refractivity contribution in [1.82, 2.24) is 15.0 Å². The van der Waals surface area contributed by atoms with Crippen LogP contribution in [0.2, 0.25) is 10.0 Å². The number of anilines is 2. The van der Waals surface area contributed by atoms with Crippen LogP contribution in [-0.2, 0) is 0 Å². The third-order valence-electron chi connectivity index (χ3n) is 5.14. The Labute approximate surface area is 171 Å². The third-order valence-corrected chi connectivity index (χ3v) is 5.77. The van der Waals surface area contributed by atoms with Crippen LogP contribution in [0.15, 0.2) is 30.5 Å². The molecule has 0 unspecified atom stereocenters. The van der Waals surface area contributed by atoms with Crippen molar-refractivity contribution in [1.29, 1.82) is 0 Å². The number of fused-ring (bicyclic) bond motifs is 1. The number of aliphatic hydroxyl groups excluding tert-OH is 2. The van der Waals surface area contributed by atoms with E-state index in [1.165, 1.54) is 0 Å². The van der Waals surface area contributed by atoms with Crippen LogP contribution in [0.5, 0.6) is 0 Å². The summed E-state index contributed by atoms with van der Waals surface area (Å²) in [5.41, 5.74) is 7.60. The first-order chi connectivity index (χ1) is 13.5. The summed E-state index contributed by atoms with van der Waals surface area (Å²) in [6.07, 6.45) is 1.61. The van der Waals surface area contributed by atoms with Gasteiger partial charge in [0.15, 0.2) is 5.65 Å². The second kappa shape index (κ2) is 7.67. The number of nitrogens with two attached hydrogens (primary N) is 1. The van der Waals surface area contributed by atoms with E-state index in [1.54, 1.807) is 24.4 Å². The highest BCUT2D eigenvalue weighted by molar-refractivity contribution is 6.39. The summed E-state index contributed by atoms with van der Waals surface area (Å²) in [5.74, 6) is 0.674. The SMILES string of the molecule is Nc1ncc2cc(-c3c(Cl)cccc3Cl)c(N3C[C@H](CO)[C@@H](CO)C3)nc2n1. The predicted octanol–water partition coefficient (Wildman–Crippen LogP) is 2.62. The van der Waals surface area contributed by atoms with Gasteiger partial charge in [-0.2, -0.15) is 4.98 Å². The van der Waals surface area contributed by atoms with E-state index >= 15 is 0 Å². The number of hydrogen-bond donors (Lipinski definition) is 3. The molecule has 9 heteroatoms. The van der Waals surface area contributed by atoms with Gasteiger partial charge in [-0.25, -0.2) is 9.97 Å². The Balaban J connectivity index is 1.93. The van der Waals surface area contributed by atoms with E-state index in [0.717, 1.165) is 5.56 Å². The molecule has 4 rings (SSSR count). The Kier molecular flexibility index (Phi) is 5.25. The van der Waals surface area contributed by atoms with Crippen LogP contribution in [0.3, 0.4) is 0 Å². The van der Waals surface area contributed by atoms with Gasteiger partial charge in [0.2, 0.25) is 5.95 Å². The maximum atomic E-state index is 9.68. The molecule has 4 N–H and O–H groups in total. The summed E-state index contributed by atoms with van der Waals surface area (Å²) in [6, 6.07) is 7.22. The number of rotatable bonds is 4. The van der Waals surface area contributed by atoms with Gasteiger partial charge in [-0.1, -0.05) is 29.3 Å². The van der Waals surface area contributed by atoms with E-state index in [4.69, 9.17) is 33.9 Å². The first kappa shape index (κ1) is 19.1. The number of halogens is 2. The summed E-state index contributed by atoms with van der Waals surface area (Å²) in [7, 11) is 0. The molecular formula is C19H19Cl2N5O2. The number of nitrogens with zero attached hydrogens (tertiary/aromatic N) is 4. The first-order valence-corrected chi connectivity index (χ1v) is 9.61. The van der Waals surface area contributed by atoms with Crippen LogP contribution in [-0.4, -0.2) is 51.5 Å². The maximum Gasteiger partial charge on any atom is 0.222 e. The van der Waals surface area contributed by atoms with Crippen LogP contribution in [0.25, 0.3) is 22.2 Å². The quantitative estimate of drug-likeness (QED) is 0.596. The van der Waals surface area contributed by atoms with Gasteiger partial charge in [-0.05, 0) is 18.2 Å². The van der Waals surface area contributed by atoms with Crippen molar-refractivity contribution in [3.8, 4) is 11.1 Å². The second-order valence-electron chi connectivity index (χ2n) is 6.89. The Bertz CT molecular complexity index is 1000. The lowest BCUT2D eigenvalue weighted by atomic mass is 9.98. The standard InChI is InChI=1S/C19H19Cl2N5O2/c20-14-2-1-3-15(21)16(14)13-4-10-5-23-19(22)25-17(10)24-18(13)26-6-11(8-27)12(7-26)9-28/h1-5,11-12,27-28H,6-9H2,(H2,22,23,24,25)/t11-,12-/m1/s1. The zero-order valence-electron chi connectivity index (χ0n) is 14.9. The number of hydrogen-bond acceptors (Lipinski definition) is 7. The molecule has 0 aliphatic carbocycles. The summed E-state index contributed by atoms with van der Waals surface area (Å²) < 4.78 is 0. The summed E-state index contributed by atoms with van der Waals surface area (Å²) in [5, 5.41) is 21.1.